The van der Waals surface area contributed by atoms with E-state index in [-0.39, 0.29) is 27.8 Å². The molecule has 13 heteroatoms. The van der Waals surface area contributed by atoms with E-state index in [1.165, 1.54) is 39.8 Å². The Kier molecular flexibility index (Phi) is 5.43. The van der Waals surface area contributed by atoms with Crippen LogP contribution in [0.3, 0.4) is 0 Å². The lowest BCUT2D eigenvalue weighted by Crippen LogP contribution is -2.41. The second-order valence-electron chi connectivity index (χ2n) is 9.08. The number of anilines is 1. The van der Waals surface area contributed by atoms with E-state index in [1.54, 1.807) is 37.5 Å². The second kappa shape index (κ2) is 8.63. The molecule has 0 radical (unpaired) electrons. The third-order valence-corrected chi connectivity index (χ3v) is 6.75. The van der Waals surface area contributed by atoms with Gasteiger partial charge in [0.25, 0.3) is 5.91 Å². The number of nitrogens with one attached hydrogen (secondary N) is 2. The van der Waals surface area contributed by atoms with Crippen molar-refractivity contribution >= 4 is 17.4 Å². The predicted molar refractivity (Wildman–Crippen MR) is 132 cm³/mol. The van der Waals surface area contributed by atoms with Gasteiger partial charge in [0, 0.05) is 35.3 Å². The summed E-state index contributed by atoms with van der Waals surface area (Å²) < 4.78 is 60.0. The van der Waals surface area contributed by atoms with Crippen molar-refractivity contribution in [2.75, 3.05) is 5.43 Å². The number of aromatic nitrogens is 5. The lowest BCUT2D eigenvalue weighted by Gasteiger charge is -2.28. The van der Waals surface area contributed by atoms with Gasteiger partial charge >= 0.3 is 6.18 Å². The number of amides is 1. The molecule has 1 amide bonds. The average Bonchev–Trinajstić information content (AvgIpc) is 3.64. The van der Waals surface area contributed by atoms with Crippen LogP contribution in [-0.4, -0.2) is 41.6 Å². The first-order chi connectivity index (χ1) is 18.6. The Labute approximate surface area is 217 Å². The van der Waals surface area contributed by atoms with Crippen LogP contribution >= 0.6 is 0 Å². The molecule has 2 aromatic carbocycles. The Balaban J connectivity index is 1.31. The van der Waals surface area contributed by atoms with Crippen molar-refractivity contribution in [3.05, 3.63) is 90.3 Å². The van der Waals surface area contributed by atoms with Gasteiger partial charge in [0.2, 0.25) is 5.60 Å². The fraction of sp³-hybridized carbons (Fsp3) is 0.154. The molecule has 2 unspecified atom stereocenters. The number of hydrogen-bond donors (Lipinski definition) is 3. The van der Waals surface area contributed by atoms with Crippen LogP contribution in [-0.2, 0) is 10.4 Å². The largest absolute Gasteiger partial charge is 0.425 e. The molecule has 9 nitrogen and oxygen atoms in total. The monoisotopic (exact) mass is 537 g/mol. The highest BCUT2D eigenvalue weighted by Crippen LogP contribution is 2.57. The zero-order valence-corrected chi connectivity index (χ0v) is 20.1. The Bertz CT molecular complexity index is 1750. The lowest BCUT2D eigenvalue weighted by atomic mass is 9.89. The fourth-order valence-electron chi connectivity index (χ4n) is 4.80. The van der Waals surface area contributed by atoms with Gasteiger partial charge in [-0.25, -0.2) is 13.9 Å². The van der Waals surface area contributed by atoms with Gasteiger partial charge < -0.3 is 5.11 Å². The molecule has 39 heavy (non-hydrogen) atoms. The van der Waals surface area contributed by atoms with Gasteiger partial charge in [-0.15, -0.1) is 5.10 Å². The highest BCUT2D eigenvalue weighted by molar-refractivity contribution is 5.92. The lowest BCUT2D eigenvalue weighted by molar-refractivity contribution is -0.246. The fourth-order valence-corrected chi connectivity index (χ4v) is 4.80. The van der Waals surface area contributed by atoms with E-state index in [1.807, 2.05) is 0 Å². The maximum absolute atomic E-state index is 14.7. The van der Waals surface area contributed by atoms with Gasteiger partial charge in [0.05, 0.1) is 6.20 Å². The van der Waals surface area contributed by atoms with E-state index in [9.17, 15) is 27.5 Å². The second-order valence-corrected chi connectivity index (χ2v) is 9.08. The minimum atomic E-state index is -5.10. The molecular formula is C26H19F4N7O2. The van der Waals surface area contributed by atoms with Gasteiger partial charge in [0.15, 0.2) is 11.5 Å². The molecule has 0 spiro atoms. The first-order valence-electron chi connectivity index (χ1n) is 11.7. The number of hydrazine groups is 1. The summed E-state index contributed by atoms with van der Waals surface area (Å²) >= 11 is 0. The number of alkyl halides is 3. The number of carbonyl (C=O) groups is 1. The summed E-state index contributed by atoms with van der Waals surface area (Å²) in [5.74, 6) is -1.09. The summed E-state index contributed by atoms with van der Waals surface area (Å²) in [5.41, 5.74) is 2.06. The molecule has 0 fully saturated rings. The van der Waals surface area contributed by atoms with Crippen molar-refractivity contribution in [1.82, 2.24) is 29.8 Å². The third kappa shape index (κ3) is 3.81. The van der Waals surface area contributed by atoms with Crippen LogP contribution in [0, 0.1) is 5.82 Å². The molecule has 6 rings (SSSR count). The predicted octanol–water partition coefficient (Wildman–Crippen LogP) is 4.21. The summed E-state index contributed by atoms with van der Waals surface area (Å²) in [6.07, 6.45) is 0.892. The zero-order valence-electron chi connectivity index (χ0n) is 20.1. The standard InChI is InChI=1S/C26H19F4N7O2/c1-14(24(38)34-33-21-6-7-22-31-8-9-36(22)35-21)37-13-15(12-32-37)18-10-16(27)11-20-23(18)17-4-2-3-5-19(17)25(20,39)26(28,29)30/h2-14,39H,1H3,(H,33,35)(H,34,38). The molecule has 3 aromatic heterocycles. The smallest absolute Gasteiger partial charge is 0.372 e. The van der Waals surface area contributed by atoms with Crippen LogP contribution in [0.15, 0.2) is 73.3 Å². The third-order valence-electron chi connectivity index (χ3n) is 6.75. The van der Waals surface area contributed by atoms with Crippen LogP contribution < -0.4 is 10.9 Å². The van der Waals surface area contributed by atoms with Crippen molar-refractivity contribution < 1.29 is 27.5 Å². The summed E-state index contributed by atoms with van der Waals surface area (Å²) in [7, 11) is 0. The van der Waals surface area contributed by atoms with E-state index >= 15 is 0 Å². The molecule has 5 aromatic rings. The number of benzene rings is 2. The number of fused-ring (bicyclic) bond motifs is 4. The van der Waals surface area contributed by atoms with Gasteiger partial charge in [-0.1, -0.05) is 24.3 Å². The molecule has 0 bridgehead atoms. The molecule has 3 heterocycles. The Morgan fingerprint density at radius 1 is 1.10 bits per heavy atom. The summed E-state index contributed by atoms with van der Waals surface area (Å²) in [6, 6.07) is 9.81. The Hall–Kier alpha value is -4.78. The van der Waals surface area contributed by atoms with Crippen molar-refractivity contribution in [1.29, 1.82) is 0 Å². The number of rotatable bonds is 5. The first-order valence-corrected chi connectivity index (χ1v) is 11.7. The number of imidazole rings is 1. The van der Waals surface area contributed by atoms with Crippen molar-refractivity contribution in [2.24, 2.45) is 0 Å². The van der Waals surface area contributed by atoms with Crippen LogP contribution in [0.2, 0.25) is 0 Å². The van der Waals surface area contributed by atoms with E-state index in [0.717, 1.165) is 6.07 Å². The highest BCUT2D eigenvalue weighted by atomic mass is 19.4. The minimum Gasteiger partial charge on any atom is -0.372 e. The zero-order chi connectivity index (χ0) is 27.5. The topological polar surface area (TPSA) is 109 Å². The van der Waals surface area contributed by atoms with Crippen LogP contribution in [0.25, 0.3) is 27.9 Å². The molecule has 0 saturated carbocycles. The van der Waals surface area contributed by atoms with E-state index < -0.39 is 35.1 Å². The molecule has 1 aliphatic rings. The normalized spacial score (nSPS) is 17.1. The minimum absolute atomic E-state index is 0.0473. The number of aliphatic hydroxyl groups is 1. The Morgan fingerprint density at radius 2 is 1.90 bits per heavy atom. The average molecular weight is 537 g/mol. The van der Waals surface area contributed by atoms with Crippen molar-refractivity contribution in [3.8, 4) is 22.3 Å². The first kappa shape index (κ1) is 24.6. The SMILES string of the molecule is CC(C(=O)NNc1ccc2nccn2n1)n1cc(-c2cc(F)cc3c2-c2ccccc2C3(O)C(F)(F)F)cn1. The van der Waals surface area contributed by atoms with Crippen LogP contribution in [0.1, 0.15) is 24.1 Å². The van der Waals surface area contributed by atoms with E-state index in [2.05, 4.69) is 26.0 Å². The van der Waals surface area contributed by atoms with Gasteiger partial charge in [-0.05, 0) is 47.9 Å². The molecular weight excluding hydrogens is 518 g/mol. The molecule has 0 aliphatic heterocycles. The maximum Gasteiger partial charge on any atom is 0.425 e. The van der Waals surface area contributed by atoms with Gasteiger partial charge in [-0.3, -0.25) is 20.3 Å². The van der Waals surface area contributed by atoms with Crippen LogP contribution in [0.5, 0.6) is 0 Å². The Morgan fingerprint density at radius 3 is 2.69 bits per heavy atom. The van der Waals surface area contributed by atoms with Crippen molar-refractivity contribution in [2.45, 2.75) is 24.7 Å². The molecule has 1 aliphatic carbocycles. The number of nitrogens with zero attached hydrogens (tertiary/aromatic N) is 5. The van der Waals surface area contributed by atoms with Crippen molar-refractivity contribution in [3.63, 3.8) is 0 Å². The van der Waals surface area contributed by atoms with Crippen LogP contribution in [0.4, 0.5) is 23.4 Å². The molecule has 0 saturated heterocycles. The van der Waals surface area contributed by atoms with E-state index in [4.69, 9.17) is 0 Å². The number of halogens is 4. The van der Waals surface area contributed by atoms with Gasteiger partial charge in [0.1, 0.15) is 11.9 Å². The molecule has 2 atom stereocenters. The number of hydrogen-bond acceptors (Lipinski definition) is 6. The summed E-state index contributed by atoms with van der Waals surface area (Å²) in [4.78, 5) is 16.9. The van der Waals surface area contributed by atoms with E-state index in [0.29, 0.717) is 17.5 Å². The molecule has 198 valence electrons. The van der Waals surface area contributed by atoms with Gasteiger partial charge in [-0.2, -0.15) is 18.3 Å². The number of carbonyl (C=O) groups excluding carboxylic acids is 1. The highest BCUT2D eigenvalue weighted by Gasteiger charge is 2.61. The molecule has 3 N–H and O–H groups in total. The summed E-state index contributed by atoms with van der Waals surface area (Å²) in [6.45, 7) is 1.56. The maximum atomic E-state index is 14.7. The summed E-state index contributed by atoms with van der Waals surface area (Å²) in [5, 5.41) is 19.3. The quantitative estimate of drug-likeness (QED) is 0.229.